The van der Waals surface area contributed by atoms with E-state index in [0.717, 1.165) is 25.6 Å². The van der Waals surface area contributed by atoms with Gasteiger partial charge in [-0.25, -0.2) is 9.79 Å². The van der Waals surface area contributed by atoms with Crippen molar-refractivity contribution in [2.24, 2.45) is 4.99 Å². The van der Waals surface area contributed by atoms with Gasteiger partial charge in [0.1, 0.15) is 5.60 Å². The zero-order valence-electron chi connectivity index (χ0n) is 17.9. The fourth-order valence-corrected chi connectivity index (χ4v) is 3.27. The SMILES string of the molecule is CCNC(=NCc1cccc(N2CC=CC2)c1)NC1CN(C(=O)OC(C)(C)C)C1. The Balaban J connectivity index is 1.52. The largest absolute Gasteiger partial charge is 0.444 e. The van der Waals surface area contributed by atoms with E-state index in [9.17, 15) is 4.79 Å². The average molecular weight is 400 g/mol. The number of likely N-dealkylation sites (tertiary alicyclic amines) is 1. The van der Waals surface area contributed by atoms with Crippen molar-refractivity contribution in [1.82, 2.24) is 15.5 Å². The smallest absolute Gasteiger partial charge is 0.410 e. The Morgan fingerprint density at radius 3 is 2.62 bits per heavy atom. The fraction of sp³-hybridized carbons (Fsp3) is 0.545. The molecule has 29 heavy (non-hydrogen) atoms. The number of hydrogen-bond donors (Lipinski definition) is 2. The number of carbonyl (C=O) groups excluding carboxylic acids is 1. The lowest BCUT2D eigenvalue weighted by molar-refractivity contribution is 0.00701. The summed E-state index contributed by atoms with van der Waals surface area (Å²) in [6.45, 7) is 12.3. The summed E-state index contributed by atoms with van der Waals surface area (Å²) in [6, 6.07) is 8.72. The van der Waals surface area contributed by atoms with Crippen LogP contribution in [0.2, 0.25) is 0 Å². The lowest BCUT2D eigenvalue weighted by atomic mass is 10.1. The highest BCUT2D eigenvalue weighted by atomic mass is 16.6. The summed E-state index contributed by atoms with van der Waals surface area (Å²) < 4.78 is 5.41. The molecule has 0 unspecified atom stereocenters. The van der Waals surface area contributed by atoms with Crippen molar-refractivity contribution in [1.29, 1.82) is 0 Å². The fourth-order valence-electron chi connectivity index (χ4n) is 3.27. The molecule has 0 saturated carbocycles. The summed E-state index contributed by atoms with van der Waals surface area (Å²) in [6.07, 6.45) is 4.12. The van der Waals surface area contributed by atoms with Crippen molar-refractivity contribution >= 4 is 17.7 Å². The summed E-state index contributed by atoms with van der Waals surface area (Å²) in [5.41, 5.74) is 1.94. The van der Waals surface area contributed by atoms with Crippen LogP contribution in [0.1, 0.15) is 33.3 Å². The van der Waals surface area contributed by atoms with Gasteiger partial charge in [0, 0.05) is 38.4 Å². The molecule has 1 aromatic carbocycles. The number of benzene rings is 1. The van der Waals surface area contributed by atoms with Crippen LogP contribution >= 0.6 is 0 Å². The second-order valence-corrected chi connectivity index (χ2v) is 8.47. The van der Waals surface area contributed by atoms with Gasteiger partial charge in [0.25, 0.3) is 0 Å². The molecule has 0 spiro atoms. The number of hydrogen-bond acceptors (Lipinski definition) is 4. The number of nitrogens with one attached hydrogen (secondary N) is 2. The number of ether oxygens (including phenoxy) is 1. The van der Waals surface area contributed by atoms with E-state index in [2.05, 4.69) is 52.0 Å². The second-order valence-electron chi connectivity index (χ2n) is 8.47. The minimum atomic E-state index is -0.467. The topological polar surface area (TPSA) is 69.2 Å². The molecule has 2 aliphatic heterocycles. The van der Waals surface area contributed by atoms with Crippen LogP contribution in [-0.2, 0) is 11.3 Å². The molecular weight excluding hydrogens is 366 g/mol. The second kappa shape index (κ2) is 9.20. The van der Waals surface area contributed by atoms with Gasteiger partial charge in [0.15, 0.2) is 5.96 Å². The van der Waals surface area contributed by atoms with Crippen LogP contribution < -0.4 is 15.5 Å². The van der Waals surface area contributed by atoms with Gasteiger partial charge in [0.2, 0.25) is 0 Å². The first-order valence-corrected chi connectivity index (χ1v) is 10.4. The molecule has 3 rings (SSSR count). The van der Waals surface area contributed by atoms with Crippen molar-refractivity contribution in [2.45, 2.75) is 45.9 Å². The van der Waals surface area contributed by atoms with Gasteiger partial charge in [0.05, 0.1) is 12.6 Å². The van der Waals surface area contributed by atoms with Gasteiger partial charge >= 0.3 is 6.09 Å². The molecule has 0 bridgehead atoms. The summed E-state index contributed by atoms with van der Waals surface area (Å²) in [7, 11) is 0. The molecule has 7 nitrogen and oxygen atoms in total. The Hall–Kier alpha value is -2.70. The van der Waals surface area contributed by atoms with E-state index >= 15 is 0 Å². The highest BCUT2D eigenvalue weighted by molar-refractivity contribution is 5.80. The lowest BCUT2D eigenvalue weighted by Crippen LogP contribution is -2.63. The van der Waals surface area contributed by atoms with Gasteiger partial charge in [-0.15, -0.1) is 0 Å². The van der Waals surface area contributed by atoms with Crippen LogP contribution in [0.4, 0.5) is 10.5 Å². The maximum atomic E-state index is 12.1. The van der Waals surface area contributed by atoms with E-state index in [1.165, 1.54) is 11.3 Å². The molecule has 158 valence electrons. The highest BCUT2D eigenvalue weighted by Gasteiger charge is 2.34. The quantitative estimate of drug-likeness (QED) is 0.453. The molecule has 2 N–H and O–H groups in total. The third kappa shape index (κ3) is 6.14. The van der Waals surface area contributed by atoms with Crippen molar-refractivity contribution in [3.05, 3.63) is 42.0 Å². The molecule has 1 amide bonds. The van der Waals surface area contributed by atoms with E-state index in [1.54, 1.807) is 4.90 Å². The van der Waals surface area contributed by atoms with Crippen LogP contribution in [-0.4, -0.2) is 61.3 Å². The predicted molar refractivity (Wildman–Crippen MR) is 117 cm³/mol. The Bertz CT molecular complexity index is 755. The van der Waals surface area contributed by atoms with Crippen molar-refractivity contribution in [2.75, 3.05) is 37.6 Å². The van der Waals surface area contributed by atoms with Crippen molar-refractivity contribution < 1.29 is 9.53 Å². The molecule has 0 radical (unpaired) electrons. The monoisotopic (exact) mass is 399 g/mol. The van der Waals surface area contributed by atoms with Gasteiger partial charge in [-0.3, -0.25) is 0 Å². The number of guanidine groups is 1. The van der Waals surface area contributed by atoms with Crippen LogP contribution in [0.3, 0.4) is 0 Å². The highest BCUT2D eigenvalue weighted by Crippen LogP contribution is 2.19. The first-order valence-electron chi connectivity index (χ1n) is 10.4. The van der Waals surface area contributed by atoms with Crippen molar-refractivity contribution in [3.8, 4) is 0 Å². The molecule has 1 saturated heterocycles. The standard InChI is InChI=1S/C22H33N5O2/c1-5-23-20(25-18-15-27(16-18)21(28)29-22(2,3)4)24-14-17-9-8-10-19(13-17)26-11-6-7-12-26/h6-10,13,18H,5,11-12,14-16H2,1-4H3,(H2,23,24,25). The molecule has 0 aliphatic carbocycles. The number of anilines is 1. The maximum absolute atomic E-state index is 12.1. The Morgan fingerprint density at radius 2 is 1.97 bits per heavy atom. The molecule has 7 heteroatoms. The molecule has 2 heterocycles. The Labute approximate surface area is 173 Å². The molecule has 0 atom stereocenters. The van der Waals surface area contributed by atoms with E-state index < -0.39 is 5.60 Å². The minimum absolute atomic E-state index is 0.183. The average Bonchev–Trinajstić information content (AvgIpc) is 3.15. The van der Waals surface area contributed by atoms with E-state index in [1.807, 2.05) is 27.7 Å². The molecular formula is C22H33N5O2. The van der Waals surface area contributed by atoms with E-state index in [4.69, 9.17) is 9.73 Å². The number of nitrogens with zero attached hydrogens (tertiary/aromatic N) is 3. The molecule has 0 aromatic heterocycles. The predicted octanol–water partition coefficient (Wildman–Crippen LogP) is 2.74. The first kappa shape index (κ1) is 21.0. The first-order chi connectivity index (χ1) is 13.8. The zero-order valence-corrected chi connectivity index (χ0v) is 17.9. The number of aliphatic imine (C=N–C) groups is 1. The molecule has 2 aliphatic rings. The normalized spacial score (nSPS) is 17.3. The maximum Gasteiger partial charge on any atom is 0.410 e. The molecule has 1 fully saturated rings. The van der Waals surface area contributed by atoms with Gasteiger partial charge < -0.3 is 25.2 Å². The van der Waals surface area contributed by atoms with Gasteiger partial charge in [-0.2, -0.15) is 0 Å². The number of carbonyl (C=O) groups is 1. The number of amides is 1. The zero-order chi connectivity index (χ0) is 20.9. The van der Waals surface area contributed by atoms with E-state index in [0.29, 0.717) is 19.6 Å². The lowest BCUT2D eigenvalue weighted by Gasteiger charge is -2.40. The third-order valence-electron chi connectivity index (χ3n) is 4.73. The summed E-state index contributed by atoms with van der Waals surface area (Å²) in [5.74, 6) is 0.773. The Morgan fingerprint density at radius 1 is 1.24 bits per heavy atom. The summed E-state index contributed by atoms with van der Waals surface area (Å²) >= 11 is 0. The van der Waals surface area contributed by atoms with Gasteiger partial charge in [-0.1, -0.05) is 24.3 Å². The van der Waals surface area contributed by atoms with Gasteiger partial charge in [-0.05, 0) is 45.4 Å². The van der Waals surface area contributed by atoms with Crippen LogP contribution in [0.15, 0.2) is 41.4 Å². The van der Waals surface area contributed by atoms with E-state index in [-0.39, 0.29) is 12.1 Å². The number of rotatable bonds is 5. The van der Waals surface area contributed by atoms with Crippen LogP contribution in [0, 0.1) is 0 Å². The van der Waals surface area contributed by atoms with Crippen LogP contribution in [0.5, 0.6) is 0 Å². The Kier molecular flexibility index (Phi) is 6.67. The molecule has 1 aromatic rings. The summed E-state index contributed by atoms with van der Waals surface area (Å²) in [5, 5.41) is 6.70. The van der Waals surface area contributed by atoms with Crippen molar-refractivity contribution in [3.63, 3.8) is 0 Å². The minimum Gasteiger partial charge on any atom is -0.444 e. The third-order valence-corrected chi connectivity index (χ3v) is 4.73. The summed E-state index contributed by atoms with van der Waals surface area (Å²) in [4.78, 5) is 20.8. The van der Waals surface area contributed by atoms with Crippen LogP contribution in [0.25, 0.3) is 0 Å².